The van der Waals surface area contributed by atoms with Gasteiger partial charge in [-0.25, -0.2) is 0 Å². The number of benzene rings is 2. The van der Waals surface area contributed by atoms with Crippen molar-refractivity contribution in [2.45, 2.75) is 6.92 Å². The van der Waals surface area contributed by atoms with Crippen molar-refractivity contribution in [2.75, 3.05) is 7.11 Å². The minimum Gasteiger partial charge on any atom is -0.504 e. The highest BCUT2D eigenvalue weighted by atomic mass is 16.5. The molecule has 3 heteroatoms. The zero-order valence-electron chi connectivity index (χ0n) is 10.3. The summed E-state index contributed by atoms with van der Waals surface area (Å²) in [6.45, 7) is 1.96. The molecule has 0 unspecified atom stereocenters. The van der Waals surface area contributed by atoms with Crippen LogP contribution in [0.4, 0.5) is 0 Å². The third kappa shape index (κ3) is 1.95. The molecule has 0 heterocycles. The number of carbonyl (C=O) groups is 1. The molecule has 3 nitrogen and oxygen atoms in total. The molecule has 0 bridgehead atoms. The molecule has 0 atom stereocenters. The van der Waals surface area contributed by atoms with Gasteiger partial charge in [0.25, 0.3) is 0 Å². The molecular weight excluding hydrogens is 228 g/mol. The molecule has 2 aromatic rings. The van der Waals surface area contributed by atoms with Gasteiger partial charge in [-0.1, -0.05) is 24.3 Å². The smallest absolute Gasteiger partial charge is 0.169 e. The van der Waals surface area contributed by atoms with Crippen LogP contribution in [0.1, 0.15) is 15.9 Å². The topological polar surface area (TPSA) is 46.5 Å². The molecule has 92 valence electrons. The van der Waals surface area contributed by atoms with Gasteiger partial charge in [0.1, 0.15) is 0 Å². The quantitative estimate of drug-likeness (QED) is 0.841. The first-order valence-corrected chi connectivity index (χ1v) is 5.60. The van der Waals surface area contributed by atoms with Crippen LogP contribution in [0.2, 0.25) is 0 Å². The fraction of sp³-hybridized carbons (Fsp3) is 0.133. The Kier molecular flexibility index (Phi) is 3.33. The van der Waals surface area contributed by atoms with E-state index in [0.29, 0.717) is 17.6 Å². The van der Waals surface area contributed by atoms with Crippen LogP contribution in [-0.2, 0) is 0 Å². The van der Waals surface area contributed by atoms with E-state index in [1.807, 2.05) is 31.2 Å². The van der Waals surface area contributed by atoms with Crippen LogP contribution in [0, 0.1) is 6.92 Å². The summed E-state index contributed by atoms with van der Waals surface area (Å²) in [5, 5.41) is 9.97. The largest absolute Gasteiger partial charge is 0.504 e. The molecule has 1 N–H and O–H groups in total. The number of carbonyl (C=O) groups excluding carboxylic acids is 1. The molecule has 18 heavy (non-hydrogen) atoms. The van der Waals surface area contributed by atoms with Gasteiger partial charge in [0.05, 0.1) is 12.7 Å². The number of aryl methyl sites for hydroxylation is 1. The molecule has 0 saturated carbocycles. The number of hydrogen-bond acceptors (Lipinski definition) is 3. The molecule has 0 aliphatic rings. The molecule has 0 aliphatic heterocycles. The van der Waals surface area contributed by atoms with Crippen LogP contribution < -0.4 is 4.74 Å². The second-order valence-corrected chi connectivity index (χ2v) is 4.01. The standard InChI is InChI=1S/C15H14O3/c1-10-5-3-4-6-11(10)12-7-8-14(18-2)15(17)13(12)9-16/h3-9,17H,1-2H3. The van der Waals surface area contributed by atoms with Crippen LogP contribution in [0.25, 0.3) is 11.1 Å². The molecule has 0 amide bonds. The lowest BCUT2D eigenvalue weighted by molar-refractivity contribution is 0.112. The molecule has 0 aliphatic carbocycles. The predicted molar refractivity (Wildman–Crippen MR) is 70.2 cm³/mol. The number of hydrogen-bond donors (Lipinski definition) is 1. The SMILES string of the molecule is COc1ccc(-c2ccccc2C)c(C=O)c1O. The van der Waals surface area contributed by atoms with Gasteiger partial charge >= 0.3 is 0 Å². The predicted octanol–water partition coefficient (Wildman–Crippen LogP) is 3.19. The maximum absolute atomic E-state index is 11.2. The van der Waals surface area contributed by atoms with E-state index in [-0.39, 0.29) is 11.3 Å². The van der Waals surface area contributed by atoms with Crippen LogP contribution in [0.15, 0.2) is 36.4 Å². The Morgan fingerprint density at radius 1 is 1.11 bits per heavy atom. The first-order valence-electron chi connectivity index (χ1n) is 5.60. The zero-order valence-corrected chi connectivity index (χ0v) is 10.3. The van der Waals surface area contributed by atoms with Gasteiger partial charge in [0.15, 0.2) is 17.8 Å². The third-order valence-electron chi connectivity index (χ3n) is 2.95. The van der Waals surface area contributed by atoms with E-state index in [9.17, 15) is 9.90 Å². The minimum absolute atomic E-state index is 0.117. The molecule has 0 spiro atoms. The molecule has 0 fully saturated rings. The van der Waals surface area contributed by atoms with E-state index >= 15 is 0 Å². The van der Waals surface area contributed by atoms with E-state index < -0.39 is 0 Å². The fourth-order valence-corrected chi connectivity index (χ4v) is 1.98. The van der Waals surface area contributed by atoms with Gasteiger partial charge in [0, 0.05) is 0 Å². The Balaban J connectivity index is 2.69. The number of ether oxygens (including phenoxy) is 1. The Bertz CT molecular complexity index is 588. The lowest BCUT2D eigenvalue weighted by atomic mass is 9.95. The summed E-state index contributed by atoms with van der Waals surface area (Å²) < 4.78 is 5.00. The van der Waals surface area contributed by atoms with Crippen molar-refractivity contribution in [3.63, 3.8) is 0 Å². The summed E-state index contributed by atoms with van der Waals surface area (Å²) in [6.07, 6.45) is 0.652. The molecule has 0 saturated heterocycles. The second-order valence-electron chi connectivity index (χ2n) is 4.01. The van der Waals surface area contributed by atoms with Crippen molar-refractivity contribution in [3.8, 4) is 22.6 Å². The molecule has 0 aromatic heterocycles. The second kappa shape index (κ2) is 4.92. The van der Waals surface area contributed by atoms with E-state index in [2.05, 4.69) is 0 Å². The summed E-state index contributed by atoms with van der Waals surface area (Å²) >= 11 is 0. The summed E-state index contributed by atoms with van der Waals surface area (Å²) in [5.74, 6) is 0.183. The minimum atomic E-state index is -0.117. The number of aldehydes is 1. The molecule has 2 rings (SSSR count). The third-order valence-corrected chi connectivity index (χ3v) is 2.95. The number of methoxy groups -OCH3 is 1. The van der Waals surface area contributed by atoms with Crippen molar-refractivity contribution in [1.29, 1.82) is 0 Å². The van der Waals surface area contributed by atoms with Crippen molar-refractivity contribution < 1.29 is 14.6 Å². The Hall–Kier alpha value is -2.29. The Labute approximate surface area is 106 Å². The highest BCUT2D eigenvalue weighted by molar-refractivity contribution is 5.92. The maximum Gasteiger partial charge on any atom is 0.169 e. The number of rotatable bonds is 3. The van der Waals surface area contributed by atoms with E-state index in [1.165, 1.54) is 7.11 Å². The fourth-order valence-electron chi connectivity index (χ4n) is 1.98. The number of phenolic OH excluding ortho intramolecular Hbond substituents is 1. The summed E-state index contributed by atoms with van der Waals surface area (Å²) in [6, 6.07) is 11.2. The van der Waals surface area contributed by atoms with Crippen LogP contribution >= 0.6 is 0 Å². The average molecular weight is 242 g/mol. The summed E-state index contributed by atoms with van der Waals surface area (Å²) in [7, 11) is 1.46. The zero-order chi connectivity index (χ0) is 13.1. The van der Waals surface area contributed by atoms with Gasteiger partial charge in [-0.05, 0) is 35.7 Å². The lowest BCUT2D eigenvalue weighted by Gasteiger charge is -2.12. The average Bonchev–Trinajstić information content (AvgIpc) is 2.39. The van der Waals surface area contributed by atoms with E-state index in [4.69, 9.17) is 4.74 Å². The van der Waals surface area contributed by atoms with E-state index in [1.54, 1.807) is 12.1 Å². The normalized spacial score (nSPS) is 10.1. The summed E-state index contributed by atoms with van der Waals surface area (Å²) in [4.78, 5) is 11.2. The van der Waals surface area contributed by atoms with Gasteiger partial charge in [-0.2, -0.15) is 0 Å². The van der Waals surface area contributed by atoms with Crippen molar-refractivity contribution in [2.24, 2.45) is 0 Å². The highest BCUT2D eigenvalue weighted by Gasteiger charge is 2.14. The van der Waals surface area contributed by atoms with Gasteiger partial charge in [0.2, 0.25) is 0 Å². The van der Waals surface area contributed by atoms with Crippen LogP contribution in [0.5, 0.6) is 11.5 Å². The van der Waals surface area contributed by atoms with Crippen molar-refractivity contribution >= 4 is 6.29 Å². The van der Waals surface area contributed by atoms with Crippen molar-refractivity contribution in [1.82, 2.24) is 0 Å². The van der Waals surface area contributed by atoms with Crippen LogP contribution in [-0.4, -0.2) is 18.5 Å². The number of aromatic hydroxyl groups is 1. The monoisotopic (exact) mass is 242 g/mol. The number of phenols is 1. The lowest BCUT2D eigenvalue weighted by Crippen LogP contribution is -1.93. The van der Waals surface area contributed by atoms with Crippen LogP contribution in [0.3, 0.4) is 0 Å². The molecule has 0 radical (unpaired) electrons. The highest BCUT2D eigenvalue weighted by Crippen LogP contribution is 2.37. The summed E-state index contributed by atoms with van der Waals surface area (Å²) in [5.41, 5.74) is 2.94. The van der Waals surface area contributed by atoms with Crippen molar-refractivity contribution in [3.05, 3.63) is 47.5 Å². The first kappa shape index (κ1) is 12.2. The maximum atomic E-state index is 11.2. The molecule has 2 aromatic carbocycles. The first-order chi connectivity index (χ1) is 8.69. The van der Waals surface area contributed by atoms with Gasteiger partial charge in [-0.15, -0.1) is 0 Å². The van der Waals surface area contributed by atoms with E-state index in [0.717, 1.165) is 11.1 Å². The van der Waals surface area contributed by atoms with Gasteiger partial charge in [-0.3, -0.25) is 4.79 Å². The molecular formula is C15H14O3. The Morgan fingerprint density at radius 2 is 1.83 bits per heavy atom. The van der Waals surface area contributed by atoms with Gasteiger partial charge < -0.3 is 9.84 Å². The Morgan fingerprint density at radius 3 is 2.44 bits per heavy atom.